The molecular weight excluding hydrogens is 582 g/mol. The molecule has 2 aromatic carbocycles. The van der Waals surface area contributed by atoms with Crippen molar-refractivity contribution in [3.63, 3.8) is 0 Å². The molecule has 0 bridgehead atoms. The van der Waals surface area contributed by atoms with E-state index in [1.165, 1.54) is 31.8 Å². The second-order valence-corrected chi connectivity index (χ2v) is 10.7. The maximum Gasteiger partial charge on any atom is 0.157 e. The van der Waals surface area contributed by atoms with E-state index in [0.717, 1.165) is 63.9 Å². The van der Waals surface area contributed by atoms with Gasteiger partial charge >= 0.3 is 0 Å². The van der Waals surface area contributed by atoms with Gasteiger partial charge in [0.25, 0.3) is 0 Å². The van der Waals surface area contributed by atoms with Crippen molar-refractivity contribution in [1.29, 1.82) is 0 Å². The SMILES string of the molecule is C=C(c1cccc(C#CCCC)c1)c1cc(Br)ccc1NCC=O.C=CC(=O)C(C)CC.CC.CCCC(CC)CC. The van der Waals surface area contributed by atoms with E-state index in [9.17, 15) is 9.59 Å². The summed E-state index contributed by atoms with van der Waals surface area (Å²) in [6.45, 7) is 24.7. The summed E-state index contributed by atoms with van der Waals surface area (Å²) in [4.78, 5) is 21.3. The average Bonchev–Trinajstić information content (AvgIpc) is 3.03. The Hall–Kier alpha value is -2.90. The topological polar surface area (TPSA) is 46.2 Å². The summed E-state index contributed by atoms with van der Waals surface area (Å²) < 4.78 is 0.967. The highest BCUT2D eigenvalue weighted by atomic mass is 79.9. The third-order valence-electron chi connectivity index (χ3n) is 6.65. The standard InChI is InChI=1S/C21H20BrNO.C8H18.C7H12O.C2H6/c1-3-4-5-7-17-8-6-9-18(14-17)16(2)20-15-19(22)10-11-21(20)23-12-13-24;1-4-7-8(5-2)6-3;1-4-6(3)7(8)5-2;1-2/h6,8-11,13-15,23H,2-4,12H2,1H3;8H,4-7H2,1-3H3;5-6H,2,4H2,1,3H3;1-2H3. The van der Waals surface area contributed by atoms with Crippen LogP contribution >= 0.6 is 15.9 Å². The fourth-order valence-electron chi connectivity index (χ4n) is 3.81. The van der Waals surface area contributed by atoms with E-state index < -0.39 is 0 Å². The number of hydrogen-bond donors (Lipinski definition) is 1. The molecule has 0 aliphatic rings. The summed E-state index contributed by atoms with van der Waals surface area (Å²) in [6.07, 6.45) is 10.6. The van der Waals surface area contributed by atoms with Gasteiger partial charge in [0.05, 0.1) is 6.54 Å². The maximum absolute atomic E-state index is 10.7. The van der Waals surface area contributed by atoms with Crippen LogP contribution in [0.25, 0.3) is 5.57 Å². The van der Waals surface area contributed by atoms with Crippen LogP contribution in [0.2, 0.25) is 0 Å². The fourth-order valence-corrected chi connectivity index (χ4v) is 4.17. The Kier molecular flexibility index (Phi) is 26.5. The van der Waals surface area contributed by atoms with Gasteiger partial charge in [-0.1, -0.05) is 134 Å². The molecule has 4 heteroatoms. The van der Waals surface area contributed by atoms with Crippen LogP contribution in [-0.4, -0.2) is 18.6 Å². The Labute approximate surface area is 266 Å². The normalized spacial score (nSPS) is 10.1. The zero-order chi connectivity index (χ0) is 32.3. The van der Waals surface area contributed by atoms with Crippen LogP contribution in [0.5, 0.6) is 0 Å². The summed E-state index contributed by atoms with van der Waals surface area (Å²) in [5, 5.41) is 3.12. The molecule has 0 aliphatic heterocycles. The molecule has 0 radical (unpaired) electrons. The van der Waals surface area contributed by atoms with Gasteiger partial charge in [-0.15, -0.1) is 0 Å². The lowest BCUT2D eigenvalue weighted by atomic mass is 9.96. The van der Waals surface area contributed by atoms with Gasteiger partial charge in [-0.3, -0.25) is 4.79 Å². The number of benzene rings is 2. The first-order valence-corrected chi connectivity index (χ1v) is 16.4. The van der Waals surface area contributed by atoms with E-state index in [4.69, 9.17) is 0 Å². The first-order valence-electron chi connectivity index (χ1n) is 15.6. The molecule has 1 N–H and O–H groups in total. The zero-order valence-electron chi connectivity index (χ0n) is 27.6. The maximum atomic E-state index is 10.7. The van der Waals surface area contributed by atoms with Gasteiger partial charge in [0.15, 0.2) is 5.78 Å². The van der Waals surface area contributed by atoms with E-state index in [1.54, 1.807) is 0 Å². The number of anilines is 1. The van der Waals surface area contributed by atoms with E-state index >= 15 is 0 Å². The number of carbonyl (C=O) groups is 2. The van der Waals surface area contributed by atoms with Crippen molar-refractivity contribution in [2.45, 2.75) is 100 Å². The number of unbranched alkanes of at least 4 members (excludes halogenated alkanes) is 1. The van der Waals surface area contributed by atoms with Crippen molar-refractivity contribution >= 4 is 39.3 Å². The van der Waals surface area contributed by atoms with Crippen molar-refractivity contribution < 1.29 is 9.59 Å². The molecule has 0 fully saturated rings. The van der Waals surface area contributed by atoms with Crippen LogP contribution in [0.1, 0.15) is 117 Å². The molecule has 0 aliphatic carbocycles. The van der Waals surface area contributed by atoms with E-state index in [-0.39, 0.29) is 18.2 Å². The van der Waals surface area contributed by atoms with Crippen LogP contribution in [0.3, 0.4) is 0 Å². The second-order valence-electron chi connectivity index (χ2n) is 9.74. The molecule has 1 atom stereocenters. The van der Waals surface area contributed by atoms with E-state index in [2.05, 4.69) is 80.0 Å². The Morgan fingerprint density at radius 1 is 1.00 bits per heavy atom. The minimum atomic E-state index is 0.146. The summed E-state index contributed by atoms with van der Waals surface area (Å²) in [7, 11) is 0. The third-order valence-corrected chi connectivity index (χ3v) is 7.15. The Balaban J connectivity index is 0. The molecule has 0 spiro atoms. The van der Waals surface area contributed by atoms with Crippen LogP contribution in [0, 0.1) is 23.7 Å². The monoisotopic (exact) mass is 637 g/mol. The Bertz CT molecular complexity index is 1110. The van der Waals surface area contributed by atoms with Gasteiger partial charge in [-0.2, -0.15) is 0 Å². The van der Waals surface area contributed by atoms with Crippen LogP contribution in [0.4, 0.5) is 5.69 Å². The minimum Gasteiger partial charge on any atom is -0.378 e. The highest BCUT2D eigenvalue weighted by Gasteiger charge is 2.09. The van der Waals surface area contributed by atoms with Gasteiger partial charge in [-0.25, -0.2) is 0 Å². The molecule has 0 heterocycles. The second kappa shape index (κ2) is 27.0. The van der Waals surface area contributed by atoms with Gasteiger partial charge in [0.2, 0.25) is 0 Å². The number of carbonyl (C=O) groups excluding carboxylic acids is 2. The smallest absolute Gasteiger partial charge is 0.157 e. The lowest BCUT2D eigenvalue weighted by Crippen LogP contribution is -2.05. The van der Waals surface area contributed by atoms with Crippen molar-refractivity contribution in [2.24, 2.45) is 11.8 Å². The summed E-state index contributed by atoms with van der Waals surface area (Å²) in [6, 6.07) is 14.0. The van der Waals surface area contributed by atoms with Gasteiger partial charge in [0.1, 0.15) is 6.29 Å². The van der Waals surface area contributed by atoms with Crippen LogP contribution in [0.15, 0.2) is 66.2 Å². The molecule has 2 rings (SSSR count). The predicted molar refractivity (Wildman–Crippen MR) is 190 cm³/mol. The van der Waals surface area contributed by atoms with E-state index in [1.807, 2.05) is 64.1 Å². The first kappa shape index (κ1) is 41.2. The quantitative estimate of drug-likeness (QED) is 0.135. The lowest BCUT2D eigenvalue weighted by Gasteiger charge is -2.14. The molecule has 2 aromatic rings. The highest BCUT2D eigenvalue weighted by Crippen LogP contribution is 2.31. The highest BCUT2D eigenvalue weighted by molar-refractivity contribution is 9.10. The van der Waals surface area contributed by atoms with Crippen LogP contribution < -0.4 is 5.32 Å². The molecule has 232 valence electrons. The number of rotatable bonds is 13. The first-order chi connectivity index (χ1) is 20.2. The van der Waals surface area contributed by atoms with Crippen molar-refractivity contribution in [3.8, 4) is 11.8 Å². The van der Waals surface area contributed by atoms with E-state index in [0.29, 0.717) is 0 Å². The molecule has 3 nitrogen and oxygen atoms in total. The summed E-state index contributed by atoms with van der Waals surface area (Å²) in [5.41, 5.74) is 4.75. The fraction of sp³-hybridized carbons (Fsp3) is 0.474. The molecular formula is C38H56BrNO2. The Morgan fingerprint density at radius 2 is 1.67 bits per heavy atom. The van der Waals surface area contributed by atoms with Crippen molar-refractivity contribution in [1.82, 2.24) is 0 Å². The lowest BCUT2D eigenvalue weighted by molar-refractivity contribution is -0.117. The largest absolute Gasteiger partial charge is 0.378 e. The Morgan fingerprint density at radius 3 is 2.14 bits per heavy atom. The van der Waals surface area contributed by atoms with Gasteiger partial charge < -0.3 is 10.1 Å². The molecule has 0 aromatic heterocycles. The van der Waals surface area contributed by atoms with Gasteiger partial charge in [0, 0.05) is 33.6 Å². The van der Waals surface area contributed by atoms with Crippen molar-refractivity contribution in [2.75, 3.05) is 11.9 Å². The number of ketones is 1. The average molecular weight is 639 g/mol. The predicted octanol–water partition coefficient (Wildman–Crippen LogP) is 11.3. The minimum absolute atomic E-state index is 0.146. The third kappa shape index (κ3) is 17.8. The molecule has 42 heavy (non-hydrogen) atoms. The molecule has 0 saturated carbocycles. The zero-order valence-corrected chi connectivity index (χ0v) is 29.2. The molecule has 0 amide bonds. The molecule has 0 saturated heterocycles. The number of aldehydes is 1. The number of nitrogens with one attached hydrogen (secondary N) is 1. The number of hydrogen-bond acceptors (Lipinski definition) is 3. The van der Waals surface area contributed by atoms with Gasteiger partial charge in [-0.05, 0) is 66.3 Å². The van der Waals surface area contributed by atoms with Crippen LogP contribution in [-0.2, 0) is 9.59 Å². The summed E-state index contributed by atoms with van der Waals surface area (Å²) >= 11 is 3.50. The molecule has 1 unspecified atom stereocenters. The summed E-state index contributed by atoms with van der Waals surface area (Å²) in [5.74, 6) is 7.66. The number of allylic oxidation sites excluding steroid dienone is 1. The van der Waals surface area contributed by atoms with Crippen molar-refractivity contribution in [3.05, 3.63) is 82.9 Å². The number of halogens is 1.